The highest BCUT2D eigenvalue weighted by atomic mass is 16.1. The molecular weight excluding hydrogens is 210 g/mol. The molecule has 1 aliphatic rings. The molecule has 0 saturated heterocycles. The fourth-order valence-electron chi connectivity index (χ4n) is 2.44. The van der Waals surface area contributed by atoms with E-state index < -0.39 is 0 Å². The quantitative estimate of drug-likeness (QED) is 0.621. The van der Waals surface area contributed by atoms with Crippen molar-refractivity contribution in [3.63, 3.8) is 0 Å². The second-order valence-corrected chi connectivity index (χ2v) is 4.66. The van der Waals surface area contributed by atoms with Crippen LogP contribution in [0.1, 0.15) is 24.8 Å². The normalized spacial score (nSPS) is 24.2. The number of benzene rings is 1. The van der Waals surface area contributed by atoms with Crippen molar-refractivity contribution in [3.05, 3.63) is 48.0 Å². The number of nitrogens with one attached hydrogen (secondary N) is 1. The van der Waals surface area contributed by atoms with Gasteiger partial charge in [-0.05, 0) is 36.8 Å². The summed E-state index contributed by atoms with van der Waals surface area (Å²) in [6, 6.07) is 11.1. The Hall–Kier alpha value is -1.41. The molecule has 1 aliphatic carbocycles. The monoisotopic (exact) mass is 229 g/mol. The molecule has 17 heavy (non-hydrogen) atoms. The minimum atomic E-state index is 0.577. The summed E-state index contributed by atoms with van der Waals surface area (Å²) in [7, 11) is 0. The lowest BCUT2D eigenvalue weighted by Gasteiger charge is -2.12. The van der Waals surface area contributed by atoms with E-state index in [0.717, 1.165) is 19.3 Å². The van der Waals surface area contributed by atoms with Crippen molar-refractivity contribution in [2.24, 2.45) is 5.92 Å². The van der Waals surface area contributed by atoms with Crippen LogP contribution in [0.5, 0.6) is 0 Å². The van der Waals surface area contributed by atoms with E-state index in [2.05, 4.69) is 29.6 Å². The molecule has 2 heteroatoms. The standard InChI is InChI=1S/C15H19NO/c17-10-4-7-13-8-9-15(11-13)16-12-14-5-2-1-3-6-14/h1-7,10,13,15-16H,8-9,11-12H2/b7-4+/t13-,15+/m0/s1. The molecule has 0 bridgehead atoms. The minimum absolute atomic E-state index is 0.577. The number of rotatable bonds is 5. The molecular formula is C15H19NO. The Morgan fingerprint density at radius 2 is 2.06 bits per heavy atom. The van der Waals surface area contributed by atoms with Crippen LogP contribution in [0.25, 0.3) is 0 Å². The van der Waals surface area contributed by atoms with E-state index in [-0.39, 0.29) is 0 Å². The summed E-state index contributed by atoms with van der Waals surface area (Å²) >= 11 is 0. The summed E-state index contributed by atoms with van der Waals surface area (Å²) in [4.78, 5) is 10.3. The van der Waals surface area contributed by atoms with Crippen LogP contribution in [0.3, 0.4) is 0 Å². The first kappa shape index (κ1) is 12.1. The molecule has 0 heterocycles. The lowest BCUT2D eigenvalue weighted by atomic mass is 10.1. The molecule has 1 aromatic rings. The summed E-state index contributed by atoms with van der Waals surface area (Å²) in [6.45, 7) is 0.940. The number of carbonyl (C=O) groups is 1. The molecule has 1 N–H and O–H groups in total. The molecule has 0 unspecified atom stereocenters. The van der Waals surface area contributed by atoms with E-state index in [1.807, 2.05) is 12.1 Å². The van der Waals surface area contributed by atoms with Crippen LogP contribution in [0.4, 0.5) is 0 Å². The fraction of sp³-hybridized carbons (Fsp3) is 0.400. The molecule has 0 aromatic heterocycles. The number of allylic oxidation sites excluding steroid dienone is 2. The molecule has 0 aliphatic heterocycles. The van der Waals surface area contributed by atoms with E-state index in [1.54, 1.807) is 6.08 Å². The zero-order chi connectivity index (χ0) is 11.9. The van der Waals surface area contributed by atoms with Crippen LogP contribution < -0.4 is 5.32 Å². The second kappa shape index (κ2) is 6.36. The number of carbonyl (C=O) groups excluding carboxylic acids is 1. The smallest absolute Gasteiger partial charge is 0.142 e. The minimum Gasteiger partial charge on any atom is -0.310 e. The topological polar surface area (TPSA) is 29.1 Å². The van der Waals surface area contributed by atoms with E-state index in [4.69, 9.17) is 0 Å². The summed E-state index contributed by atoms with van der Waals surface area (Å²) in [5, 5.41) is 3.58. The van der Waals surface area contributed by atoms with Crippen LogP contribution >= 0.6 is 0 Å². The van der Waals surface area contributed by atoms with Gasteiger partial charge in [-0.3, -0.25) is 4.79 Å². The average Bonchev–Trinajstić information content (AvgIpc) is 2.83. The second-order valence-electron chi connectivity index (χ2n) is 4.66. The Kier molecular flexibility index (Phi) is 4.51. The summed E-state index contributed by atoms with van der Waals surface area (Å²) in [5.74, 6) is 0.577. The molecule has 1 saturated carbocycles. The van der Waals surface area contributed by atoms with Crippen LogP contribution in [0, 0.1) is 5.92 Å². The molecule has 90 valence electrons. The van der Waals surface area contributed by atoms with Crippen LogP contribution in [-0.4, -0.2) is 12.3 Å². The van der Waals surface area contributed by atoms with E-state index >= 15 is 0 Å². The lowest BCUT2D eigenvalue weighted by molar-refractivity contribution is -0.104. The molecule has 2 atom stereocenters. The molecule has 0 amide bonds. The Balaban J connectivity index is 1.75. The van der Waals surface area contributed by atoms with Gasteiger partial charge in [-0.15, -0.1) is 0 Å². The third-order valence-electron chi connectivity index (χ3n) is 3.37. The van der Waals surface area contributed by atoms with Crippen molar-refractivity contribution in [2.75, 3.05) is 0 Å². The largest absolute Gasteiger partial charge is 0.310 e. The van der Waals surface area contributed by atoms with Gasteiger partial charge < -0.3 is 5.32 Å². The van der Waals surface area contributed by atoms with Crippen LogP contribution in [0.2, 0.25) is 0 Å². The van der Waals surface area contributed by atoms with Crippen molar-refractivity contribution in [2.45, 2.75) is 31.8 Å². The van der Waals surface area contributed by atoms with Gasteiger partial charge in [-0.25, -0.2) is 0 Å². The first-order valence-corrected chi connectivity index (χ1v) is 6.28. The Bertz CT molecular complexity index is 372. The van der Waals surface area contributed by atoms with Crippen molar-refractivity contribution in [1.82, 2.24) is 5.32 Å². The molecule has 1 fully saturated rings. The Labute approximate surface area is 103 Å². The van der Waals surface area contributed by atoms with Crippen LogP contribution in [-0.2, 0) is 11.3 Å². The maximum absolute atomic E-state index is 10.3. The molecule has 0 radical (unpaired) electrons. The highest BCUT2D eigenvalue weighted by Crippen LogP contribution is 2.26. The first-order chi connectivity index (χ1) is 8.38. The summed E-state index contributed by atoms with van der Waals surface area (Å²) in [6.07, 6.45) is 8.08. The number of aldehydes is 1. The van der Waals surface area contributed by atoms with Gasteiger partial charge in [-0.1, -0.05) is 36.4 Å². The van der Waals surface area contributed by atoms with E-state index in [9.17, 15) is 4.79 Å². The van der Waals surface area contributed by atoms with Crippen molar-refractivity contribution in [1.29, 1.82) is 0 Å². The van der Waals surface area contributed by atoms with Gasteiger partial charge in [-0.2, -0.15) is 0 Å². The van der Waals surface area contributed by atoms with Crippen molar-refractivity contribution >= 4 is 6.29 Å². The molecule has 2 rings (SSSR count). The average molecular weight is 229 g/mol. The van der Waals surface area contributed by atoms with Crippen LogP contribution in [0.15, 0.2) is 42.5 Å². The first-order valence-electron chi connectivity index (χ1n) is 6.28. The Morgan fingerprint density at radius 1 is 1.24 bits per heavy atom. The number of hydrogen-bond acceptors (Lipinski definition) is 2. The zero-order valence-electron chi connectivity index (χ0n) is 10.0. The van der Waals surface area contributed by atoms with Gasteiger partial charge in [0.15, 0.2) is 0 Å². The summed E-state index contributed by atoms with van der Waals surface area (Å²) in [5.41, 5.74) is 1.33. The van der Waals surface area contributed by atoms with Gasteiger partial charge in [0.2, 0.25) is 0 Å². The predicted molar refractivity (Wildman–Crippen MR) is 69.6 cm³/mol. The summed E-state index contributed by atoms with van der Waals surface area (Å²) < 4.78 is 0. The van der Waals surface area contributed by atoms with E-state index in [1.165, 1.54) is 18.4 Å². The Morgan fingerprint density at radius 3 is 2.82 bits per heavy atom. The van der Waals surface area contributed by atoms with Gasteiger partial charge in [0.05, 0.1) is 0 Å². The molecule has 1 aromatic carbocycles. The third-order valence-corrected chi connectivity index (χ3v) is 3.37. The highest BCUT2D eigenvalue weighted by molar-refractivity contribution is 5.64. The predicted octanol–water partition coefficient (Wildman–Crippen LogP) is 2.70. The van der Waals surface area contributed by atoms with Gasteiger partial charge >= 0.3 is 0 Å². The lowest BCUT2D eigenvalue weighted by Crippen LogP contribution is -2.25. The maximum Gasteiger partial charge on any atom is 0.142 e. The molecule has 0 spiro atoms. The highest BCUT2D eigenvalue weighted by Gasteiger charge is 2.21. The number of hydrogen-bond donors (Lipinski definition) is 1. The maximum atomic E-state index is 10.3. The fourth-order valence-corrected chi connectivity index (χ4v) is 2.44. The SMILES string of the molecule is O=C/C=C/[C@H]1CC[C@@H](NCc2ccccc2)C1. The van der Waals surface area contributed by atoms with E-state index in [0.29, 0.717) is 12.0 Å². The third kappa shape index (κ3) is 3.82. The van der Waals surface area contributed by atoms with Gasteiger partial charge in [0.1, 0.15) is 6.29 Å². The van der Waals surface area contributed by atoms with Crippen molar-refractivity contribution in [3.8, 4) is 0 Å². The van der Waals surface area contributed by atoms with Crippen molar-refractivity contribution < 1.29 is 4.79 Å². The van der Waals surface area contributed by atoms with Gasteiger partial charge in [0.25, 0.3) is 0 Å². The molecule has 2 nitrogen and oxygen atoms in total. The zero-order valence-corrected chi connectivity index (χ0v) is 10.0. The van der Waals surface area contributed by atoms with Gasteiger partial charge in [0, 0.05) is 12.6 Å².